The highest BCUT2D eigenvalue weighted by atomic mass is 16.5. The van der Waals surface area contributed by atoms with Gasteiger partial charge >= 0.3 is 0 Å². The number of anilines is 1. The van der Waals surface area contributed by atoms with Gasteiger partial charge in [0.1, 0.15) is 0 Å². The molecule has 0 radical (unpaired) electrons. The number of hydroxylamine groups is 1. The molecule has 1 N–H and O–H groups in total. The molecule has 0 bridgehead atoms. The van der Waals surface area contributed by atoms with Crippen molar-refractivity contribution in [3.8, 4) is 0 Å². The summed E-state index contributed by atoms with van der Waals surface area (Å²) in [6.45, 7) is 1.90. The molecule has 54 valence electrons. The van der Waals surface area contributed by atoms with Crippen molar-refractivity contribution in [3.05, 3.63) is 23.9 Å². The van der Waals surface area contributed by atoms with E-state index >= 15 is 0 Å². The maximum Gasteiger partial charge on any atom is 0.154 e. The van der Waals surface area contributed by atoms with Crippen LogP contribution in [0.15, 0.2) is 18.3 Å². The molecule has 1 aromatic rings. The number of rotatable bonds is 1. The fraction of sp³-hybridized carbons (Fsp3) is 0.286. The summed E-state index contributed by atoms with van der Waals surface area (Å²) >= 11 is 0. The molecule has 0 fully saturated rings. The predicted molar refractivity (Wildman–Crippen MR) is 39.2 cm³/mol. The van der Waals surface area contributed by atoms with Gasteiger partial charge in [0.2, 0.25) is 0 Å². The zero-order chi connectivity index (χ0) is 7.56. The molecular formula is C7H10N2O. The summed E-state index contributed by atoms with van der Waals surface area (Å²) in [5.74, 6) is 0.600. The van der Waals surface area contributed by atoms with Gasteiger partial charge in [-0.15, -0.1) is 0 Å². The summed E-state index contributed by atoms with van der Waals surface area (Å²) in [7, 11) is 1.55. The van der Waals surface area contributed by atoms with Crippen LogP contribution in [0.1, 0.15) is 5.56 Å². The molecule has 0 aliphatic rings. The molecule has 0 atom stereocenters. The van der Waals surface area contributed by atoms with Gasteiger partial charge in [-0.05, 0) is 18.6 Å². The number of nitrogens with zero attached hydrogens (tertiary/aromatic N) is 2. The molecule has 1 aromatic heterocycles. The molecule has 0 saturated heterocycles. The average Bonchev–Trinajstić information content (AvgIpc) is 1.88. The lowest BCUT2D eigenvalue weighted by Crippen LogP contribution is -2.12. The molecular weight excluding hydrogens is 128 g/mol. The second-order valence-corrected chi connectivity index (χ2v) is 2.17. The van der Waals surface area contributed by atoms with Crippen LogP contribution in [0.4, 0.5) is 5.82 Å². The molecule has 0 spiro atoms. The van der Waals surface area contributed by atoms with Crippen molar-refractivity contribution in [3.63, 3.8) is 0 Å². The van der Waals surface area contributed by atoms with E-state index in [2.05, 4.69) is 4.98 Å². The van der Waals surface area contributed by atoms with E-state index in [1.165, 1.54) is 0 Å². The van der Waals surface area contributed by atoms with Crippen LogP contribution >= 0.6 is 0 Å². The maximum absolute atomic E-state index is 8.98. The van der Waals surface area contributed by atoms with Crippen LogP contribution in [-0.4, -0.2) is 17.2 Å². The van der Waals surface area contributed by atoms with Gasteiger partial charge in [-0.1, -0.05) is 6.07 Å². The summed E-state index contributed by atoms with van der Waals surface area (Å²) in [5, 5.41) is 9.98. The molecule has 1 rings (SSSR count). The van der Waals surface area contributed by atoms with Crippen LogP contribution in [0.5, 0.6) is 0 Å². The van der Waals surface area contributed by atoms with E-state index in [1.54, 1.807) is 13.2 Å². The predicted octanol–water partition coefficient (Wildman–Crippen LogP) is 1.22. The van der Waals surface area contributed by atoms with E-state index in [0.29, 0.717) is 5.82 Å². The molecule has 3 nitrogen and oxygen atoms in total. The molecule has 0 aliphatic heterocycles. The first-order valence-electron chi connectivity index (χ1n) is 3.06. The topological polar surface area (TPSA) is 36.4 Å². The van der Waals surface area contributed by atoms with Gasteiger partial charge in [0, 0.05) is 13.2 Å². The number of aryl methyl sites for hydroxylation is 1. The van der Waals surface area contributed by atoms with Crippen molar-refractivity contribution in [2.75, 3.05) is 12.1 Å². The Labute approximate surface area is 59.9 Å². The molecule has 10 heavy (non-hydrogen) atoms. The normalized spacial score (nSPS) is 9.50. The van der Waals surface area contributed by atoms with Gasteiger partial charge < -0.3 is 0 Å². The van der Waals surface area contributed by atoms with Crippen molar-refractivity contribution < 1.29 is 5.21 Å². The maximum atomic E-state index is 8.98. The zero-order valence-electron chi connectivity index (χ0n) is 6.07. The van der Waals surface area contributed by atoms with E-state index in [-0.39, 0.29) is 0 Å². The summed E-state index contributed by atoms with van der Waals surface area (Å²) in [4.78, 5) is 3.95. The lowest BCUT2D eigenvalue weighted by molar-refractivity contribution is 0.275. The molecule has 0 saturated carbocycles. The van der Waals surface area contributed by atoms with Crippen LogP contribution in [0, 0.1) is 6.92 Å². The Hall–Kier alpha value is -1.09. The lowest BCUT2D eigenvalue weighted by atomic mass is 10.3. The summed E-state index contributed by atoms with van der Waals surface area (Å²) < 4.78 is 0. The first-order valence-corrected chi connectivity index (χ1v) is 3.06. The third kappa shape index (κ3) is 1.25. The van der Waals surface area contributed by atoms with Crippen molar-refractivity contribution in [1.82, 2.24) is 4.98 Å². The third-order valence-electron chi connectivity index (χ3n) is 1.29. The van der Waals surface area contributed by atoms with E-state index in [1.807, 2.05) is 19.1 Å². The minimum absolute atomic E-state index is 0.600. The highest BCUT2D eigenvalue weighted by molar-refractivity contribution is 5.41. The molecule has 3 heteroatoms. The van der Waals surface area contributed by atoms with Gasteiger partial charge in [-0.2, -0.15) is 0 Å². The highest BCUT2D eigenvalue weighted by Gasteiger charge is 1.99. The smallest absolute Gasteiger partial charge is 0.154 e. The van der Waals surface area contributed by atoms with E-state index < -0.39 is 0 Å². The monoisotopic (exact) mass is 138 g/mol. The number of hydrogen-bond acceptors (Lipinski definition) is 3. The van der Waals surface area contributed by atoms with Gasteiger partial charge in [0.05, 0.1) is 0 Å². The number of pyridine rings is 1. The van der Waals surface area contributed by atoms with Crippen molar-refractivity contribution >= 4 is 5.82 Å². The van der Waals surface area contributed by atoms with Crippen molar-refractivity contribution in [1.29, 1.82) is 0 Å². The summed E-state index contributed by atoms with van der Waals surface area (Å²) in [5.41, 5.74) is 0.965. The Bertz CT molecular complexity index is 223. The summed E-state index contributed by atoms with van der Waals surface area (Å²) in [6.07, 6.45) is 1.65. The number of hydrogen-bond donors (Lipinski definition) is 1. The van der Waals surface area contributed by atoms with Gasteiger partial charge in [0.15, 0.2) is 5.82 Å². The van der Waals surface area contributed by atoms with Crippen LogP contribution in [0.25, 0.3) is 0 Å². The number of aromatic nitrogens is 1. The lowest BCUT2D eigenvalue weighted by Gasteiger charge is -2.10. The molecule has 0 amide bonds. The fourth-order valence-corrected chi connectivity index (χ4v) is 0.816. The quantitative estimate of drug-likeness (QED) is 0.593. The molecule has 1 heterocycles. The summed E-state index contributed by atoms with van der Waals surface area (Å²) in [6, 6.07) is 3.73. The fourth-order valence-electron chi connectivity index (χ4n) is 0.816. The van der Waals surface area contributed by atoms with Gasteiger partial charge in [-0.3, -0.25) is 5.21 Å². The first-order chi connectivity index (χ1) is 4.72. The van der Waals surface area contributed by atoms with Crippen LogP contribution in [0.3, 0.4) is 0 Å². The second-order valence-electron chi connectivity index (χ2n) is 2.17. The zero-order valence-corrected chi connectivity index (χ0v) is 6.07. The Balaban J connectivity index is 3.03. The van der Waals surface area contributed by atoms with Crippen LogP contribution in [-0.2, 0) is 0 Å². The Morgan fingerprint density at radius 1 is 1.60 bits per heavy atom. The van der Waals surface area contributed by atoms with Gasteiger partial charge in [-0.25, -0.2) is 10.0 Å². The second kappa shape index (κ2) is 2.66. The van der Waals surface area contributed by atoms with Crippen molar-refractivity contribution in [2.24, 2.45) is 0 Å². The van der Waals surface area contributed by atoms with E-state index in [4.69, 9.17) is 5.21 Å². The SMILES string of the molecule is Cc1cccnc1N(C)O. The van der Waals surface area contributed by atoms with Crippen LogP contribution in [0.2, 0.25) is 0 Å². The molecule has 0 aliphatic carbocycles. The minimum atomic E-state index is 0.600. The van der Waals surface area contributed by atoms with Crippen LogP contribution < -0.4 is 5.06 Å². The third-order valence-corrected chi connectivity index (χ3v) is 1.29. The standard InChI is InChI=1S/C7H10N2O/c1-6-4-3-5-8-7(6)9(2)10/h3-5,10H,1-2H3. The van der Waals surface area contributed by atoms with E-state index in [0.717, 1.165) is 10.6 Å². The van der Waals surface area contributed by atoms with Crippen molar-refractivity contribution in [2.45, 2.75) is 6.92 Å². The Kier molecular flexibility index (Phi) is 1.87. The van der Waals surface area contributed by atoms with E-state index in [9.17, 15) is 0 Å². The van der Waals surface area contributed by atoms with Gasteiger partial charge in [0.25, 0.3) is 0 Å². The Morgan fingerprint density at radius 2 is 2.30 bits per heavy atom. The highest BCUT2D eigenvalue weighted by Crippen LogP contribution is 2.11. The first kappa shape index (κ1) is 7.02. The Morgan fingerprint density at radius 3 is 2.70 bits per heavy atom. The average molecular weight is 138 g/mol. The largest absolute Gasteiger partial charge is 0.287 e. The minimum Gasteiger partial charge on any atom is -0.287 e. The molecule has 0 aromatic carbocycles. The molecule has 0 unspecified atom stereocenters.